The third-order valence-corrected chi connectivity index (χ3v) is 4.21. The van der Waals surface area contributed by atoms with E-state index in [1.807, 2.05) is 19.9 Å². The van der Waals surface area contributed by atoms with Gasteiger partial charge in [-0.25, -0.2) is 4.79 Å². The smallest absolute Gasteiger partial charge is 0.334 e. The van der Waals surface area contributed by atoms with E-state index < -0.39 is 11.5 Å². The van der Waals surface area contributed by atoms with Gasteiger partial charge in [-0.2, -0.15) is 0 Å². The van der Waals surface area contributed by atoms with Crippen molar-refractivity contribution in [1.82, 2.24) is 4.90 Å². The van der Waals surface area contributed by atoms with E-state index >= 15 is 0 Å². The van der Waals surface area contributed by atoms with E-state index in [0.717, 1.165) is 18.4 Å². The summed E-state index contributed by atoms with van der Waals surface area (Å²) in [6.07, 6.45) is 2.60. The van der Waals surface area contributed by atoms with Crippen LogP contribution in [0.4, 0.5) is 0 Å². The van der Waals surface area contributed by atoms with Gasteiger partial charge in [-0.1, -0.05) is 6.07 Å². The Hall–Kier alpha value is -2.04. The number of aryl methyl sites for hydroxylation is 1. The van der Waals surface area contributed by atoms with Crippen LogP contribution in [0.1, 0.15) is 37.8 Å². The molecule has 1 atom stereocenters. The number of amides is 1. The molecular formula is C16H21NO4. The van der Waals surface area contributed by atoms with E-state index in [1.165, 1.54) is 4.90 Å². The van der Waals surface area contributed by atoms with Crippen molar-refractivity contribution >= 4 is 12.4 Å². The maximum Gasteiger partial charge on any atom is 0.334 e. The third-order valence-electron chi connectivity index (χ3n) is 4.21. The minimum atomic E-state index is -1.28. The molecule has 0 saturated carbocycles. The van der Waals surface area contributed by atoms with Gasteiger partial charge < -0.3 is 14.7 Å². The minimum Gasteiger partial charge on any atom is -0.497 e. The molecule has 1 aliphatic rings. The summed E-state index contributed by atoms with van der Waals surface area (Å²) in [4.78, 5) is 25.0. The van der Waals surface area contributed by atoms with Gasteiger partial charge in [0.25, 0.3) is 0 Å². The fraction of sp³-hybridized carbons (Fsp3) is 0.500. The molecule has 0 heterocycles. The van der Waals surface area contributed by atoms with Gasteiger partial charge in [0.1, 0.15) is 5.75 Å². The van der Waals surface area contributed by atoms with E-state index in [4.69, 9.17) is 4.74 Å². The fourth-order valence-electron chi connectivity index (χ4n) is 3.23. The Morgan fingerprint density at radius 2 is 2.19 bits per heavy atom. The second-order valence-electron chi connectivity index (χ2n) is 5.65. The normalized spacial score (nSPS) is 20.8. The molecule has 1 aromatic rings. The van der Waals surface area contributed by atoms with Crippen LogP contribution in [0.15, 0.2) is 18.2 Å². The summed E-state index contributed by atoms with van der Waals surface area (Å²) < 4.78 is 5.21. The summed E-state index contributed by atoms with van der Waals surface area (Å²) in [5.74, 6) is -0.272. The van der Waals surface area contributed by atoms with Crippen LogP contribution in [0.3, 0.4) is 0 Å². The van der Waals surface area contributed by atoms with Crippen molar-refractivity contribution in [2.45, 2.75) is 44.7 Å². The minimum absolute atomic E-state index is 0.188. The molecule has 1 unspecified atom stereocenters. The largest absolute Gasteiger partial charge is 0.497 e. The number of methoxy groups -OCH3 is 1. The lowest BCUT2D eigenvalue weighted by molar-refractivity contribution is -0.159. The predicted octanol–water partition coefficient (Wildman–Crippen LogP) is 2.18. The number of benzene rings is 1. The quantitative estimate of drug-likeness (QED) is 0.844. The van der Waals surface area contributed by atoms with Gasteiger partial charge in [0.15, 0.2) is 5.54 Å². The molecule has 1 aromatic carbocycles. The molecule has 1 N–H and O–H groups in total. The standard InChI is InChI=1S/C16H21NO4/c1-11(2)17(10-18)16(15(19)20)8-4-5-12-9-13(21-3)6-7-14(12)16/h6-7,9-11H,4-5,8H2,1-3H3,(H,19,20). The number of aliphatic carboxylic acids is 1. The number of fused-ring (bicyclic) bond motifs is 1. The number of nitrogens with zero attached hydrogens (tertiary/aromatic N) is 1. The number of carbonyl (C=O) groups excluding carboxylic acids is 1. The molecule has 0 saturated heterocycles. The van der Waals surface area contributed by atoms with Gasteiger partial charge in [0.2, 0.25) is 6.41 Å². The monoisotopic (exact) mass is 291 g/mol. The second-order valence-corrected chi connectivity index (χ2v) is 5.65. The summed E-state index contributed by atoms with van der Waals surface area (Å²) >= 11 is 0. The Morgan fingerprint density at radius 1 is 1.48 bits per heavy atom. The van der Waals surface area contributed by atoms with E-state index in [9.17, 15) is 14.7 Å². The van der Waals surface area contributed by atoms with Crippen molar-refractivity contribution in [2.75, 3.05) is 7.11 Å². The summed E-state index contributed by atoms with van der Waals surface area (Å²) in [5.41, 5.74) is 0.355. The number of carbonyl (C=O) groups is 2. The number of hydrogen-bond acceptors (Lipinski definition) is 3. The molecule has 0 spiro atoms. The molecule has 0 aliphatic heterocycles. The Morgan fingerprint density at radius 3 is 2.71 bits per heavy atom. The molecule has 0 fully saturated rings. The maximum atomic E-state index is 12.1. The second kappa shape index (κ2) is 5.76. The van der Waals surface area contributed by atoms with Crippen LogP contribution < -0.4 is 4.74 Å². The van der Waals surface area contributed by atoms with Crippen molar-refractivity contribution < 1.29 is 19.4 Å². The van der Waals surface area contributed by atoms with Crippen LogP contribution in [-0.4, -0.2) is 35.5 Å². The van der Waals surface area contributed by atoms with Crippen molar-refractivity contribution in [3.8, 4) is 5.75 Å². The van der Waals surface area contributed by atoms with Crippen LogP contribution in [0.5, 0.6) is 5.75 Å². The Bertz CT molecular complexity index is 555. The van der Waals surface area contributed by atoms with Crippen LogP contribution in [0.2, 0.25) is 0 Å². The molecule has 114 valence electrons. The predicted molar refractivity (Wildman–Crippen MR) is 78.3 cm³/mol. The van der Waals surface area contributed by atoms with Gasteiger partial charge in [-0.15, -0.1) is 0 Å². The van der Waals surface area contributed by atoms with Gasteiger partial charge in [-0.05, 0) is 56.4 Å². The average molecular weight is 291 g/mol. The lowest BCUT2D eigenvalue weighted by Gasteiger charge is -2.44. The van der Waals surface area contributed by atoms with E-state index in [2.05, 4.69) is 0 Å². The van der Waals surface area contributed by atoms with Crippen LogP contribution in [-0.2, 0) is 21.5 Å². The van der Waals surface area contributed by atoms with Gasteiger partial charge in [0, 0.05) is 6.04 Å². The molecule has 0 radical (unpaired) electrons. The highest BCUT2D eigenvalue weighted by Gasteiger charge is 2.49. The van der Waals surface area contributed by atoms with E-state index in [0.29, 0.717) is 24.1 Å². The average Bonchev–Trinajstić information content (AvgIpc) is 2.46. The molecule has 1 aliphatic carbocycles. The zero-order chi connectivity index (χ0) is 15.6. The van der Waals surface area contributed by atoms with Crippen molar-refractivity contribution in [2.24, 2.45) is 0 Å². The lowest BCUT2D eigenvalue weighted by atomic mass is 9.75. The number of carboxylic acids is 1. The SMILES string of the molecule is COc1ccc2c(c1)CCCC2(C(=O)O)N(C=O)C(C)C. The fourth-order valence-corrected chi connectivity index (χ4v) is 3.23. The molecule has 0 aromatic heterocycles. The van der Waals surface area contributed by atoms with E-state index in [1.54, 1.807) is 19.2 Å². The van der Waals surface area contributed by atoms with Crippen LogP contribution in [0, 0.1) is 0 Å². The number of rotatable bonds is 5. The van der Waals surface area contributed by atoms with Gasteiger partial charge >= 0.3 is 5.97 Å². The zero-order valence-electron chi connectivity index (χ0n) is 12.6. The summed E-state index contributed by atoms with van der Waals surface area (Å²) in [6.45, 7) is 3.66. The van der Waals surface area contributed by atoms with Crippen LogP contribution in [0.25, 0.3) is 0 Å². The van der Waals surface area contributed by atoms with Crippen LogP contribution >= 0.6 is 0 Å². The Kier molecular flexibility index (Phi) is 4.21. The molecule has 21 heavy (non-hydrogen) atoms. The highest BCUT2D eigenvalue weighted by atomic mass is 16.5. The molecule has 1 amide bonds. The molecule has 0 bridgehead atoms. The third kappa shape index (κ3) is 2.37. The zero-order valence-corrected chi connectivity index (χ0v) is 12.6. The first-order valence-electron chi connectivity index (χ1n) is 7.12. The summed E-state index contributed by atoms with van der Waals surface area (Å²) in [7, 11) is 1.58. The van der Waals surface area contributed by atoms with Crippen molar-refractivity contribution in [3.63, 3.8) is 0 Å². The number of hydrogen-bond donors (Lipinski definition) is 1. The molecular weight excluding hydrogens is 270 g/mol. The van der Waals surface area contributed by atoms with E-state index in [-0.39, 0.29) is 6.04 Å². The van der Waals surface area contributed by atoms with Gasteiger partial charge in [-0.3, -0.25) is 4.79 Å². The highest BCUT2D eigenvalue weighted by Crippen LogP contribution is 2.42. The molecule has 5 heteroatoms. The van der Waals surface area contributed by atoms with Crippen molar-refractivity contribution in [1.29, 1.82) is 0 Å². The maximum absolute atomic E-state index is 12.1. The Balaban J connectivity index is 2.65. The van der Waals surface area contributed by atoms with Crippen molar-refractivity contribution in [3.05, 3.63) is 29.3 Å². The summed E-state index contributed by atoms with van der Waals surface area (Å²) in [5, 5.41) is 9.88. The van der Waals surface area contributed by atoms with Gasteiger partial charge in [0.05, 0.1) is 7.11 Å². The summed E-state index contributed by atoms with van der Waals surface area (Å²) in [6, 6.07) is 5.22. The Labute approximate surface area is 124 Å². The first-order valence-corrected chi connectivity index (χ1v) is 7.12. The number of ether oxygens (including phenoxy) is 1. The lowest BCUT2D eigenvalue weighted by Crippen LogP contribution is -2.55. The number of carboxylic acid groups (broad SMARTS) is 1. The molecule has 2 rings (SSSR count). The molecule has 5 nitrogen and oxygen atoms in total. The topological polar surface area (TPSA) is 66.8 Å². The first kappa shape index (κ1) is 15.4. The first-order chi connectivity index (χ1) is 9.97. The highest BCUT2D eigenvalue weighted by molar-refractivity contribution is 5.84.